The first-order valence-corrected chi connectivity index (χ1v) is 9.02. The van der Waals surface area contributed by atoms with Gasteiger partial charge in [0, 0.05) is 18.7 Å². The predicted molar refractivity (Wildman–Crippen MR) is 92.7 cm³/mol. The fourth-order valence-corrected chi connectivity index (χ4v) is 3.14. The maximum absolute atomic E-state index is 6.44. The molecule has 0 bridgehead atoms. The van der Waals surface area contributed by atoms with E-state index >= 15 is 0 Å². The summed E-state index contributed by atoms with van der Waals surface area (Å²) in [5, 5.41) is 3.69. The molecule has 0 unspecified atom stereocenters. The van der Waals surface area contributed by atoms with Gasteiger partial charge >= 0.3 is 0 Å². The minimum atomic E-state index is 0.0769. The van der Waals surface area contributed by atoms with Gasteiger partial charge in [-0.05, 0) is 70.6 Å². The minimum Gasteiger partial charge on any atom is -0.374 e. The third-order valence-corrected chi connectivity index (χ3v) is 4.93. The van der Waals surface area contributed by atoms with Crippen LogP contribution in [0.15, 0.2) is 0 Å². The van der Waals surface area contributed by atoms with E-state index in [2.05, 4.69) is 53.8 Å². The first kappa shape index (κ1) is 19.0. The van der Waals surface area contributed by atoms with Crippen LogP contribution in [-0.2, 0) is 4.74 Å². The number of hydrogen-bond donors (Lipinski definition) is 1. The lowest BCUT2D eigenvalue weighted by Crippen LogP contribution is -2.51. The summed E-state index contributed by atoms with van der Waals surface area (Å²) in [6.07, 6.45) is 6.26. The van der Waals surface area contributed by atoms with Gasteiger partial charge in [0.15, 0.2) is 0 Å². The molecule has 0 aromatic heterocycles. The molecule has 2 nitrogen and oxygen atoms in total. The van der Waals surface area contributed by atoms with Gasteiger partial charge in [0.25, 0.3) is 0 Å². The number of hydrogen-bond acceptors (Lipinski definition) is 2. The van der Waals surface area contributed by atoms with E-state index in [1.807, 2.05) is 0 Å². The molecule has 0 aromatic rings. The number of ether oxygens (including phenoxy) is 1. The Hall–Kier alpha value is -0.0800. The van der Waals surface area contributed by atoms with E-state index in [0.717, 1.165) is 30.9 Å². The molecule has 0 atom stereocenters. The standard InChI is InChI=1S/C19H39NO/c1-15(2)10-13-21-19(14-20-18(5,6)7)11-8-17(9-12-19)16(3)4/h15-17,20H,8-14H2,1-7H3. The molecular weight excluding hydrogens is 258 g/mol. The van der Waals surface area contributed by atoms with Crippen LogP contribution in [0.4, 0.5) is 0 Å². The van der Waals surface area contributed by atoms with Gasteiger partial charge in [-0.15, -0.1) is 0 Å². The van der Waals surface area contributed by atoms with Crippen LogP contribution in [-0.4, -0.2) is 24.3 Å². The van der Waals surface area contributed by atoms with Crippen molar-refractivity contribution < 1.29 is 4.74 Å². The van der Waals surface area contributed by atoms with E-state index in [1.54, 1.807) is 0 Å². The Balaban J connectivity index is 2.58. The van der Waals surface area contributed by atoms with E-state index in [1.165, 1.54) is 32.1 Å². The van der Waals surface area contributed by atoms with Crippen molar-refractivity contribution in [2.45, 2.75) is 91.7 Å². The molecule has 0 radical (unpaired) electrons. The SMILES string of the molecule is CC(C)CCOC1(CNC(C)(C)C)CCC(C(C)C)CC1. The quantitative estimate of drug-likeness (QED) is 0.712. The summed E-state index contributed by atoms with van der Waals surface area (Å²) < 4.78 is 6.44. The molecule has 0 saturated heterocycles. The van der Waals surface area contributed by atoms with Gasteiger partial charge in [-0.3, -0.25) is 0 Å². The summed E-state index contributed by atoms with van der Waals surface area (Å²) >= 11 is 0. The third-order valence-electron chi connectivity index (χ3n) is 4.93. The monoisotopic (exact) mass is 297 g/mol. The zero-order chi connectivity index (χ0) is 16.1. The highest BCUT2D eigenvalue weighted by Crippen LogP contribution is 2.38. The lowest BCUT2D eigenvalue weighted by Gasteiger charge is -2.43. The van der Waals surface area contributed by atoms with E-state index < -0.39 is 0 Å². The molecule has 1 rings (SSSR count). The molecule has 1 N–H and O–H groups in total. The topological polar surface area (TPSA) is 21.3 Å². The Labute approximate surface area is 133 Å². The van der Waals surface area contributed by atoms with Gasteiger partial charge in [0.1, 0.15) is 0 Å². The van der Waals surface area contributed by atoms with Gasteiger partial charge in [0.05, 0.1) is 5.60 Å². The van der Waals surface area contributed by atoms with Crippen LogP contribution in [0.25, 0.3) is 0 Å². The van der Waals surface area contributed by atoms with E-state index in [-0.39, 0.29) is 11.1 Å². The molecular formula is C19H39NO. The Morgan fingerprint density at radius 2 is 1.67 bits per heavy atom. The van der Waals surface area contributed by atoms with Crippen LogP contribution in [0.3, 0.4) is 0 Å². The summed E-state index contributed by atoms with van der Waals surface area (Å²) in [5.41, 5.74) is 0.247. The van der Waals surface area contributed by atoms with E-state index in [0.29, 0.717) is 0 Å². The third kappa shape index (κ3) is 7.15. The summed E-state index contributed by atoms with van der Waals surface area (Å²) in [4.78, 5) is 0. The molecule has 1 fully saturated rings. The second kappa shape index (κ2) is 7.97. The highest BCUT2D eigenvalue weighted by Gasteiger charge is 2.37. The average Bonchev–Trinajstić information content (AvgIpc) is 2.36. The molecule has 0 aromatic carbocycles. The van der Waals surface area contributed by atoms with Crippen molar-refractivity contribution in [3.05, 3.63) is 0 Å². The molecule has 1 saturated carbocycles. The van der Waals surface area contributed by atoms with Gasteiger partial charge in [-0.2, -0.15) is 0 Å². The smallest absolute Gasteiger partial charge is 0.0806 e. The minimum absolute atomic E-state index is 0.0769. The molecule has 0 heterocycles. The van der Waals surface area contributed by atoms with Crippen molar-refractivity contribution in [1.82, 2.24) is 5.32 Å². The van der Waals surface area contributed by atoms with Crippen molar-refractivity contribution in [3.8, 4) is 0 Å². The Bertz CT molecular complexity index is 277. The first-order chi connectivity index (χ1) is 9.64. The molecule has 0 amide bonds. The van der Waals surface area contributed by atoms with Gasteiger partial charge in [-0.25, -0.2) is 0 Å². The second-order valence-corrected chi connectivity index (χ2v) is 8.90. The molecule has 21 heavy (non-hydrogen) atoms. The zero-order valence-corrected chi connectivity index (χ0v) is 15.6. The number of rotatable bonds is 7. The zero-order valence-electron chi connectivity index (χ0n) is 15.6. The molecule has 0 aliphatic heterocycles. The van der Waals surface area contributed by atoms with Gasteiger partial charge < -0.3 is 10.1 Å². The lowest BCUT2D eigenvalue weighted by atomic mass is 9.74. The molecule has 2 heteroatoms. The Morgan fingerprint density at radius 3 is 2.10 bits per heavy atom. The van der Waals surface area contributed by atoms with Crippen molar-refractivity contribution >= 4 is 0 Å². The van der Waals surface area contributed by atoms with Crippen molar-refractivity contribution in [1.29, 1.82) is 0 Å². The van der Waals surface area contributed by atoms with Gasteiger partial charge in [0.2, 0.25) is 0 Å². The summed E-state index contributed by atoms with van der Waals surface area (Å²) in [6.45, 7) is 17.9. The first-order valence-electron chi connectivity index (χ1n) is 9.02. The fraction of sp³-hybridized carbons (Fsp3) is 1.00. The molecule has 0 spiro atoms. The Kier molecular flexibility index (Phi) is 7.19. The van der Waals surface area contributed by atoms with Crippen LogP contribution >= 0.6 is 0 Å². The van der Waals surface area contributed by atoms with Gasteiger partial charge in [-0.1, -0.05) is 27.7 Å². The summed E-state index contributed by atoms with van der Waals surface area (Å²) in [7, 11) is 0. The van der Waals surface area contributed by atoms with Crippen molar-refractivity contribution in [2.24, 2.45) is 17.8 Å². The number of nitrogens with one attached hydrogen (secondary N) is 1. The van der Waals surface area contributed by atoms with E-state index in [4.69, 9.17) is 4.74 Å². The summed E-state index contributed by atoms with van der Waals surface area (Å²) in [6, 6.07) is 0. The Morgan fingerprint density at radius 1 is 1.10 bits per heavy atom. The second-order valence-electron chi connectivity index (χ2n) is 8.90. The highest BCUT2D eigenvalue weighted by molar-refractivity contribution is 4.92. The van der Waals surface area contributed by atoms with Crippen LogP contribution in [0.5, 0.6) is 0 Å². The maximum Gasteiger partial charge on any atom is 0.0806 e. The van der Waals surface area contributed by atoms with Crippen molar-refractivity contribution in [2.75, 3.05) is 13.2 Å². The maximum atomic E-state index is 6.44. The van der Waals surface area contributed by atoms with E-state index in [9.17, 15) is 0 Å². The molecule has 1 aliphatic carbocycles. The van der Waals surface area contributed by atoms with Crippen LogP contribution < -0.4 is 5.32 Å². The lowest BCUT2D eigenvalue weighted by molar-refractivity contribution is -0.0849. The normalized spacial score (nSPS) is 27.6. The summed E-state index contributed by atoms with van der Waals surface area (Å²) in [5.74, 6) is 2.43. The molecule has 1 aliphatic rings. The average molecular weight is 298 g/mol. The predicted octanol–water partition coefficient (Wildman–Crippen LogP) is 5.02. The highest BCUT2D eigenvalue weighted by atomic mass is 16.5. The fourth-order valence-electron chi connectivity index (χ4n) is 3.14. The molecule has 126 valence electrons. The van der Waals surface area contributed by atoms with Crippen LogP contribution in [0.1, 0.15) is 80.6 Å². The van der Waals surface area contributed by atoms with Crippen LogP contribution in [0.2, 0.25) is 0 Å². The van der Waals surface area contributed by atoms with Crippen LogP contribution in [0, 0.1) is 17.8 Å². The van der Waals surface area contributed by atoms with Crippen molar-refractivity contribution in [3.63, 3.8) is 0 Å². The largest absolute Gasteiger partial charge is 0.374 e.